The first kappa shape index (κ1) is 13.0. The number of hydrogen-bond donors (Lipinski definition) is 3. The van der Waals surface area contributed by atoms with E-state index in [0.29, 0.717) is 17.4 Å². The number of carbonyl (C=O) groups is 1. The predicted molar refractivity (Wildman–Crippen MR) is 65.0 cm³/mol. The van der Waals surface area contributed by atoms with Gasteiger partial charge in [0.2, 0.25) is 11.7 Å². The summed E-state index contributed by atoms with van der Waals surface area (Å²) in [6.07, 6.45) is 1.63. The second-order valence-corrected chi connectivity index (χ2v) is 3.57. The second kappa shape index (κ2) is 5.88. The number of nitrogens with zero attached hydrogens (tertiary/aromatic N) is 2. The molecule has 4 N–H and O–H groups in total. The number of hydrogen-bond acceptors (Lipinski definition) is 6. The van der Waals surface area contributed by atoms with E-state index in [1.165, 1.54) is 13.4 Å². The quantitative estimate of drug-likeness (QED) is 0.655. The summed E-state index contributed by atoms with van der Waals surface area (Å²) in [6.45, 7) is 1.84. The highest BCUT2D eigenvalue weighted by molar-refractivity contribution is 5.75. The number of primary amides is 1. The van der Waals surface area contributed by atoms with Gasteiger partial charge in [-0.15, -0.1) is 0 Å². The van der Waals surface area contributed by atoms with E-state index in [0.717, 1.165) is 0 Å². The van der Waals surface area contributed by atoms with Crippen LogP contribution in [0.25, 0.3) is 0 Å². The molecular weight excluding hydrogens is 222 g/mol. The Kier molecular flexibility index (Phi) is 4.50. The Labute approximate surface area is 99.8 Å². The Balaban J connectivity index is 2.86. The van der Waals surface area contributed by atoms with E-state index in [1.807, 2.05) is 6.92 Å². The minimum Gasteiger partial charge on any atom is -0.490 e. The number of ether oxygens (including phenoxy) is 1. The first-order chi connectivity index (χ1) is 8.08. The highest BCUT2D eigenvalue weighted by Crippen LogP contribution is 2.28. The average Bonchev–Trinajstić information content (AvgIpc) is 2.27. The van der Waals surface area contributed by atoms with Crippen molar-refractivity contribution < 1.29 is 9.53 Å². The van der Waals surface area contributed by atoms with Crippen LogP contribution in [0, 0.1) is 0 Å². The molecule has 0 aromatic carbocycles. The van der Waals surface area contributed by atoms with Crippen LogP contribution in [0.4, 0.5) is 11.6 Å². The van der Waals surface area contributed by atoms with Gasteiger partial charge in [-0.1, -0.05) is 0 Å². The average molecular weight is 239 g/mol. The third-order valence-electron chi connectivity index (χ3n) is 2.14. The lowest BCUT2D eigenvalue weighted by Crippen LogP contribution is -2.24. The molecule has 1 rings (SSSR count). The maximum Gasteiger partial charge on any atom is 0.219 e. The number of amides is 1. The fourth-order valence-corrected chi connectivity index (χ4v) is 1.43. The summed E-state index contributed by atoms with van der Waals surface area (Å²) in [5.41, 5.74) is 5.12. The summed E-state index contributed by atoms with van der Waals surface area (Å²) >= 11 is 0. The fraction of sp³-hybridized carbons (Fsp3) is 0.500. The molecule has 1 unspecified atom stereocenters. The monoisotopic (exact) mass is 239 g/mol. The zero-order chi connectivity index (χ0) is 12.8. The van der Waals surface area contributed by atoms with Crippen LogP contribution in [0.15, 0.2) is 6.33 Å². The van der Waals surface area contributed by atoms with Crippen molar-refractivity contribution in [1.29, 1.82) is 0 Å². The third-order valence-corrected chi connectivity index (χ3v) is 2.14. The van der Waals surface area contributed by atoms with E-state index in [9.17, 15) is 4.79 Å². The summed E-state index contributed by atoms with van der Waals surface area (Å²) < 4.78 is 5.21. The molecule has 1 heterocycles. The van der Waals surface area contributed by atoms with Gasteiger partial charge in [-0.25, -0.2) is 9.97 Å². The van der Waals surface area contributed by atoms with Gasteiger partial charge in [0.05, 0.1) is 7.11 Å². The van der Waals surface area contributed by atoms with Gasteiger partial charge in [0, 0.05) is 19.5 Å². The fourth-order valence-electron chi connectivity index (χ4n) is 1.43. The van der Waals surface area contributed by atoms with Gasteiger partial charge in [0.25, 0.3) is 0 Å². The minimum atomic E-state index is -0.369. The predicted octanol–water partition coefficient (Wildman–Crippen LogP) is 0.203. The van der Waals surface area contributed by atoms with Crippen molar-refractivity contribution in [3.8, 4) is 5.75 Å². The lowest BCUT2D eigenvalue weighted by atomic mass is 10.2. The number of aromatic nitrogens is 2. The van der Waals surface area contributed by atoms with Crippen LogP contribution >= 0.6 is 0 Å². The molecule has 1 aromatic rings. The number of anilines is 2. The molecule has 0 saturated carbocycles. The summed E-state index contributed by atoms with van der Waals surface area (Å²) in [4.78, 5) is 18.9. The minimum absolute atomic E-state index is 0.124. The molecule has 7 heteroatoms. The Hall–Kier alpha value is -2.05. The van der Waals surface area contributed by atoms with Crippen LogP contribution in [-0.2, 0) is 4.79 Å². The Morgan fingerprint density at radius 2 is 2.18 bits per heavy atom. The van der Waals surface area contributed by atoms with Gasteiger partial charge in [0.15, 0.2) is 11.6 Å². The highest BCUT2D eigenvalue weighted by Gasteiger charge is 2.14. The molecule has 0 aliphatic heterocycles. The number of nitrogens with two attached hydrogens (primary N) is 1. The van der Waals surface area contributed by atoms with Gasteiger partial charge < -0.3 is 21.1 Å². The molecule has 7 nitrogen and oxygen atoms in total. The maximum absolute atomic E-state index is 10.8. The van der Waals surface area contributed by atoms with Gasteiger partial charge in [-0.3, -0.25) is 4.79 Å². The Bertz CT molecular complexity index is 396. The number of carbonyl (C=O) groups excluding carboxylic acids is 1. The van der Waals surface area contributed by atoms with E-state index < -0.39 is 0 Å². The van der Waals surface area contributed by atoms with E-state index in [2.05, 4.69) is 20.6 Å². The maximum atomic E-state index is 10.8. The molecule has 94 valence electrons. The molecule has 1 amide bonds. The molecular formula is C10H17N5O2. The third kappa shape index (κ3) is 3.47. The summed E-state index contributed by atoms with van der Waals surface area (Å²) in [6, 6.07) is -0.124. The lowest BCUT2D eigenvalue weighted by molar-refractivity contribution is -0.118. The van der Waals surface area contributed by atoms with Gasteiger partial charge in [-0.05, 0) is 6.92 Å². The van der Waals surface area contributed by atoms with Crippen molar-refractivity contribution in [3.63, 3.8) is 0 Å². The molecule has 0 fully saturated rings. The summed E-state index contributed by atoms with van der Waals surface area (Å²) in [5.74, 6) is 1.25. The lowest BCUT2D eigenvalue weighted by Gasteiger charge is -2.16. The van der Waals surface area contributed by atoms with Crippen LogP contribution in [0.5, 0.6) is 5.75 Å². The second-order valence-electron chi connectivity index (χ2n) is 3.57. The van der Waals surface area contributed by atoms with Crippen molar-refractivity contribution >= 4 is 17.5 Å². The molecule has 17 heavy (non-hydrogen) atoms. The van der Waals surface area contributed by atoms with Gasteiger partial charge >= 0.3 is 0 Å². The van der Waals surface area contributed by atoms with Crippen LogP contribution < -0.4 is 21.1 Å². The Morgan fingerprint density at radius 3 is 2.71 bits per heavy atom. The normalized spacial score (nSPS) is 11.7. The number of methoxy groups -OCH3 is 1. The first-order valence-corrected chi connectivity index (χ1v) is 5.20. The van der Waals surface area contributed by atoms with Gasteiger partial charge in [0.1, 0.15) is 6.33 Å². The van der Waals surface area contributed by atoms with Crippen LogP contribution in [0.2, 0.25) is 0 Å². The summed E-state index contributed by atoms with van der Waals surface area (Å²) in [7, 11) is 3.27. The molecule has 0 spiro atoms. The van der Waals surface area contributed by atoms with E-state index in [-0.39, 0.29) is 18.4 Å². The van der Waals surface area contributed by atoms with E-state index in [4.69, 9.17) is 10.5 Å². The van der Waals surface area contributed by atoms with Gasteiger partial charge in [-0.2, -0.15) is 0 Å². The molecule has 0 aliphatic rings. The summed E-state index contributed by atoms with van der Waals surface area (Å²) in [5, 5.41) is 5.94. The van der Waals surface area contributed by atoms with Crippen LogP contribution in [0.3, 0.4) is 0 Å². The number of nitrogens with one attached hydrogen (secondary N) is 2. The molecule has 0 aliphatic carbocycles. The number of rotatable bonds is 6. The standard InChI is InChI=1S/C10H17N5O2/c1-6(4-7(11)16)15-10-8(17-3)9(12-2)13-5-14-10/h5-6H,4H2,1-3H3,(H2,11,16)(H2,12,13,14,15). The Morgan fingerprint density at radius 1 is 1.53 bits per heavy atom. The molecule has 0 bridgehead atoms. The van der Waals surface area contributed by atoms with E-state index >= 15 is 0 Å². The van der Waals surface area contributed by atoms with Crippen LogP contribution in [-0.4, -0.2) is 36.1 Å². The topological polar surface area (TPSA) is 102 Å². The van der Waals surface area contributed by atoms with E-state index in [1.54, 1.807) is 7.05 Å². The molecule has 1 aromatic heterocycles. The first-order valence-electron chi connectivity index (χ1n) is 5.20. The largest absolute Gasteiger partial charge is 0.490 e. The zero-order valence-corrected chi connectivity index (χ0v) is 10.2. The SMILES string of the molecule is CNc1ncnc(NC(C)CC(N)=O)c1OC. The highest BCUT2D eigenvalue weighted by atomic mass is 16.5. The zero-order valence-electron chi connectivity index (χ0n) is 10.2. The van der Waals surface area contributed by atoms with Crippen molar-refractivity contribution in [3.05, 3.63) is 6.33 Å². The van der Waals surface area contributed by atoms with Crippen molar-refractivity contribution in [2.75, 3.05) is 24.8 Å². The molecule has 0 saturated heterocycles. The molecule has 0 radical (unpaired) electrons. The van der Waals surface area contributed by atoms with Crippen LogP contribution in [0.1, 0.15) is 13.3 Å². The van der Waals surface area contributed by atoms with Crippen molar-refractivity contribution in [2.24, 2.45) is 5.73 Å². The van der Waals surface area contributed by atoms with Crippen molar-refractivity contribution in [2.45, 2.75) is 19.4 Å². The molecule has 1 atom stereocenters. The van der Waals surface area contributed by atoms with Crippen molar-refractivity contribution in [1.82, 2.24) is 9.97 Å². The smallest absolute Gasteiger partial charge is 0.219 e.